The first-order valence-electron chi connectivity index (χ1n) is 9.67. The smallest absolute Gasteiger partial charge is 0.230 e. The number of nitrogens with one attached hydrogen (secondary N) is 1. The van der Waals surface area contributed by atoms with Crippen LogP contribution in [0.15, 0.2) is 35.5 Å². The molecule has 1 aromatic heterocycles. The Hall–Kier alpha value is -2.09. The maximum absolute atomic E-state index is 12.1. The van der Waals surface area contributed by atoms with Gasteiger partial charge in [-0.15, -0.1) is 5.10 Å². The number of thioether (sulfide) groups is 1. The number of rotatable bonds is 9. The number of amides is 1. The van der Waals surface area contributed by atoms with Crippen molar-refractivity contribution >= 4 is 23.4 Å². The molecule has 8 heteroatoms. The largest absolute Gasteiger partial charge is 0.375 e. The van der Waals surface area contributed by atoms with E-state index in [1.165, 1.54) is 36.7 Å². The summed E-state index contributed by atoms with van der Waals surface area (Å²) in [6, 6.07) is 10.6. The zero-order valence-corrected chi connectivity index (χ0v) is 16.7. The Morgan fingerprint density at radius 3 is 2.81 bits per heavy atom. The van der Waals surface area contributed by atoms with Gasteiger partial charge >= 0.3 is 0 Å². The van der Waals surface area contributed by atoms with Crippen LogP contribution in [0.25, 0.3) is 0 Å². The van der Waals surface area contributed by atoms with E-state index in [2.05, 4.69) is 44.9 Å². The van der Waals surface area contributed by atoms with Gasteiger partial charge in [-0.3, -0.25) is 4.79 Å². The van der Waals surface area contributed by atoms with E-state index in [1.54, 1.807) is 0 Å². The molecule has 1 N–H and O–H groups in total. The van der Waals surface area contributed by atoms with Crippen LogP contribution < -0.4 is 10.2 Å². The maximum atomic E-state index is 12.1. The van der Waals surface area contributed by atoms with E-state index in [-0.39, 0.29) is 5.91 Å². The van der Waals surface area contributed by atoms with Crippen LogP contribution >= 0.6 is 11.8 Å². The maximum Gasteiger partial charge on any atom is 0.230 e. The normalized spacial score (nSPS) is 14.9. The number of carbonyl (C=O) groups excluding carboxylic acids is 1. The quantitative estimate of drug-likeness (QED) is 0.526. The van der Waals surface area contributed by atoms with Crippen molar-refractivity contribution in [1.29, 1.82) is 0 Å². The van der Waals surface area contributed by atoms with Crippen LogP contribution in [0.3, 0.4) is 0 Å². The van der Waals surface area contributed by atoms with Crippen LogP contribution in [-0.2, 0) is 4.79 Å². The topological polar surface area (TPSA) is 75.9 Å². The van der Waals surface area contributed by atoms with E-state index in [4.69, 9.17) is 0 Å². The van der Waals surface area contributed by atoms with Crippen LogP contribution in [-0.4, -0.2) is 52.0 Å². The number of carbonyl (C=O) groups is 1. The number of para-hydroxylation sites is 1. The zero-order chi connectivity index (χ0) is 18.9. The minimum atomic E-state index is 0.0283. The molecule has 1 fully saturated rings. The summed E-state index contributed by atoms with van der Waals surface area (Å²) in [5.41, 5.74) is 1.19. The van der Waals surface area contributed by atoms with Crippen molar-refractivity contribution in [2.75, 3.05) is 30.8 Å². The Morgan fingerprint density at radius 2 is 2.04 bits per heavy atom. The number of hydrogen-bond acceptors (Lipinski definition) is 6. The number of benzene rings is 1. The fraction of sp³-hybridized carbons (Fsp3) is 0.579. The summed E-state index contributed by atoms with van der Waals surface area (Å²) < 4.78 is 1.91. The SMILES string of the molecule is CN(CCCNC(=O)CSc1nnnn1C1CCCCC1)c1ccccc1. The van der Waals surface area contributed by atoms with Gasteiger partial charge in [-0.25, -0.2) is 4.68 Å². The fourth-order valence-electron chi connectivity index (χ4n) is 3.37. The van der Waals surface area contributed by atoms with E-state index in [1.807, 2.05) is 22.9 Å². The molecule has 0 unspecified atom stereocenters. The van der Waals surface area contributed by atoms with Gasteiger partial charge < -0.3 is 10.2 Å². The Bertz CT molecular complexity index is 701. The molecule has 0 aliphatic heterocycles. The lowest BCUT2D eigenvalue weighted by atomic mass is 9.96. The van der Waals surface area contributed by atoms with Crippen LogP contribution in [0.4, 0.5) is 5.69 Å². The summed E-state index contributed by atoms with van der Waals surface area (Å²) >= 11 is 1.42. The van der Waals surface area contributed by atoms with Gasteiger partial charge in [-0.05, 0) is 41.8 Å². The van der Waals surface area contributed by atoms with Gasteiger partial charge in [0, 0.05) is 25.8 Å². The molecule has 146 valence electrons. The van der Waals surface area contributed by atoms with Gasteiger partial charge in [0.25, 0.3) is 0 Å². The minimum Gasteiger partial charge on any atom is -0.375 e. The molecule has 7 nitrogen and oxygen atoms in total. The molecule has 1 amide bonds. The third-order valence-corrected chi connectivity index (χ3v) is 5.84. The van der Waals surface area contributed by atoms with Gasteiger partial charge in [-0.1, -0.05) is 49.2 Å². The summed E-state index contributed by atoms with van der Waals surface area (Å²) in [6.07, 6.45) is 6.91. The van der Waals surface area contributed by atoms with E-state index in [0.717, 1.165) is 31.0 Å². The van der Waals surface area contributed by atoms with E-state index < -0.39 is 0 Å². The Kier molecular flexibility index (Phi) is 7.50. The third-order valence-electron chi connectivity index (χ3n) is 4.90. The predicted molar refractivity (Wildman–Crippen MR) is 108 cm³/mol. The third kappa shape index (κ3) is 5.95. The first-order chi connectivity index (χ1) is 13.2. The summed E-state index contributed by atoms with van der Waals surface area (Å²) in [7, 11) is 2.07. The molecule has 0 atom stereocenters. The predicted octanol–water partition coefficient (Wildman–Crippen LogP) is 2.91. The second kappa shape index (κ2) is 10.3. The lowest BCUT2D eigenvalue weighted by Crippen LogP contribution is -2.29. The van der Waals surface area contributed by atoms with Gasteiger partial charge in [0.15, 0.2) is 0 Å². The number of anilines is 1. The highest BCUT2D eigenvalue weighted by Gasteiger charge is 2.20. The Labute approximate surface area is 164 Å². The number of tetrazole rings is 1. The van der Waals surface area contributed by atoms with E-state index in [9.17, 15) is 4.79 Å². The second-order valence-electron chi connectivity index (χ2n) is 6.95. The average molecular weight is 389 g/mol. The number of aromatic nitrogens is 4. The molecule has 1 aliphatic rings. The molecule has 2 aromatic rings. The van der Waals surface area contributed by atoms with Gasteiger partial charge in [-0.2, -0.15) is 0 Å². The number of nitrogens with zero attached hydrogens (tertiary/aromatic N) is 5. The number of hydrogen-bond donors (Lipinski definition) is 1. The molecule has 0 bridgehead atoms. The minimum absolute atomic E-state index is 0.0283. The molecule has 27 heavy (non-hydrogen) atoms. The van der Waals surface area contributed by atoms with Crippen molar-refractivity contribution in [3.63, 3.8) is 0 Å². The summed E-state index contributed by atoms with van der Waals surface area (Å²) in [6.45, 7) is 1.57. The molecule has 3 rings (SSSR count). The van der Waals surface area contributed by atoms with Crippen molar-refractivity contribution in [3.05, 3.63) is 30.3 Å². The Morgan fingerprint density at radius 1 is 1.26 bits per heavy atom. The van der Waals surface area contributed by atoms with Crippen molar-refractivity contribution in [3.8, 4) is 0 Å². The summed E-state index contributed by atoms with van der Waals surface area (Å²) in [5, 5.41) is 15.8. The highest BCUT2D eigenvalue weighted by Crippen LogP contribution is 2.30. The summed E-state index contributed by atoms with van der Waals surface area (Å²) in [4.78, 5) is 14.3. The van der Waals surface area contributed by atoms with Crippen molar-refractivity contribution in [2.24, 2.45) is 0 Å². The zero-order valence-electron chi connectivity index (χ0n) is 15.9. The van der Waals surface area contributed by atoms with Crippen LogP contribution in [0.1, 0.15) is 44.6 Å². The van der Waals surface area contributed by atoms with Gasteiger partial charge in [0.2, 0.25) is 11.1 Å². The molecule has 1 aliphatic carbocycles. The lowest BCUT2D eigenvalue weighted by Gasteiger charge is -2.21. The van der Waals surface area contributed by atoms with Crippen LogP contribution in [0, 0.1) is 0 Å². The average Bonchev–Trinajstić information content (AvgIpc) is 3.19. The second-order valence-corrected chi connectivity index (χ2v) is 7.89. The van der Waals surface area contributed by atoms with E-state index >= 15 is 0 Å². The molecule has 0 saturated heterocycles. The molecule has 0 radical (unpaired) electrons. The van der Waals surface area contributed by atoms with Crippen LogP contribution in [0.5, 0.6) is 0 Å². The molecule has 1 aromatic carbocycles. The standard InChI is InChI=1S/C19H28N6OS/c1-24(16-9-4-2-5-10-16)14-8-13-20-18(26)15-27-19-21-22-23-25(19)17-11-6-3-7-12-17/h2,4-5,9-10,17H,3,6-8,11-15H2,1H3,(H,20,26). The van der Waals surface area contributed by atoms with Crippen molar-refractivity contribution < 1.29 is 4.79 Å². The molecule has 1 heterocycles. The molecular formula is C19H28N6OS. The fourth-order valence-corrected chi connectivity index (χ4v) is 4.15. The Balaban J connectivity index is 1.35. The van der Waals surface area contributed by atoms with Crippen molar-refractivity contribution in [2.45, 2.75) is 49.7 Å². The molecule has 1 saturated carbocycles. The van der Waals surface area contributed by atoms with Gasteiger partial charge in [0.05, 0.1) is 11.8 Å². The monoisotopic (exact) mass is 388 g/mol. The van der Waals surface area contributed by atoms with Crippen molar-refractivity contribution in [1.82, 2.24) is 25.5 Å². The molecular weight excluding hydrogens is 360 g/mol. The van der Waals surface area contributed by atoms with E-state index in [0.29, 0.717) is 18.3 Å². The summed E-state index contributed by atoms with van der Waals surface area (Å²) in [5.74, 6) is 0.377. The highest BCUT2D eigenvalue weighted by atomic mass is 32.2. The first-order valence-corrected chi connectivity index (χ1v) is 10.7. The lowest BCUT2D eigenvalue weighted by molar-refractivity contribution is -0.118. The van der Waals surface area contributed by atoms with Crippen LogP contribution in [0.2, 0.25) is 0 Å². The van der Waals surface area contributed by atoms with Gasteiger partial charge in [0.1, 0.15) is 0 Å². The highest BCUT2D eigenvalue weighted by molar-refractivity contribution is 7.99. The molecule has 0 spiro atoms. The first kappa shape index (κ1) is 19.7.